The van der Waals surface area contributed by atoms with Gasteiger partial charge in [0.25, 0.3) is 0 Å². The van der Waals surface area contributed by atoms with Crippen LogP contribution in [-0.2, 0) is 22.3 Å². The molecule has 2 aromatic rings. The van der Waals surface area contributed by atoms with E-state index in [2.05, 4.69) is 25.3 Å². The van der Waals surface area contributed by atoms with Crippen molar-refractivity contribution in [2.75, 3.05) is 5.73 Å². The predicted molar refractivity (Wildman–Crippen MR) is 64.5 cm³/mol. The van der Waals surface area contributed by atoms with Gasteiger partial charge in [0, 0.05) is 5.69 Å². The molecule has 0 amide bonds. The summed E-state index contributed by atoms with van der Waals surface area (Å²) < 4.78 is 26.0. The highest BCUT2D eigenvalue weighted by Crippen LogP contribution is 2.13. The monoisotopic (exact) mass is 268 g/mol. The van der Waals surface area contributed by atoms with E-state index in [1.165, 1.54) is 0 Å². The van der Waals surface area contributed by atoms with Gasteiger partial charge in [-0.05, 0) is 11.6 Å². The van der Waals surface area contributed by atoms with Gasteiger partial charge < -0.3 is 5.73 Å². The van der Waals surface area contributed by atoms with Crippen LogP contribution < -0.4 is 10.5 Å². The lowest BCUT2D eigenvalue weighted by atomic mass is 10.2. The van der Waals surface area contributed by atoms with Crippen LogP contribution in [0.5, 0.6) is 0 Å². The van der Waals surface area contributed by atoms with Gasteiger partial charge in [0.15, 0.2) is 5.82 Å². The third-order valence-corrected chi connectivity index (χ3v) is 3.52. The van der Waals surface area contributed by atoms with Gasteiger partial charge in [0.2, 0.25) is 10.0 Å². The first-order chi connectivity index (χ1) is 8.57. The largest absolute Gasteiger partial charge is 0.398 e. The average Bonchev–Trinajstić information content (AvgIpc) is 2.83. The van der Waals surface area contributed by atoms with E-state index in [1.54, 1.807) is 24.3 Å². The van der Waals surface area contributed by atoms with Crippen molar-refractivity contribution in [1.29, 1.82) is 0 Å². The van der Waals surface area contributed by atoms with Gasteiger partial charge in [-0.3, -0.25) is 0 Å². The number of nitrogens with one attached hydrogen (secondary N) is 2. The number of tetrazole rings is 1. The van der Waals surface area contributed by atoms with Crippen molar-refractivity contribution < 1.29 is 8.42 Å². The number of nitrogens with two attached hydrogens (primary N) is 1. The van der Waals surface area contributed by atoms with Crippen molar-refractivity contribution in [2.45, 2.75) is 12.3 Å². The topological polar surface area (TPSA) is 127 Å². The van der Waals surface area contributed by atoms with Gasteiger partial charge in [-0.2, -0.15) is 5.21 Å². The molecule has 0 aliphatic rings. The molecule has 96 valence electrons. The third kappa shape index (κ3) is 3.25. The van der Waals surface area contributed by atoms with Gasteiger partial charge >= 0.3 is 0 Å². The molecule has 0 bridgehead atoms. The van der Waals surface area contributed by atoms with E-state index in [0.29, 0.717) is 11.3 Å². The smallest absolute Gasteiger partial charge is 0.216 e. The number of sulfonamides is 1. The first-order valence-electron chi connectivity index (χ1n) is 5.10. The maximum atomic E-state index is 11.8. The lowest BCUT2D eigenvalue weighted by Gasteiger charge is -2.07. The lowest BCUT2D eigenvalue weighted by Crippen LogP contribution is -2.25. The number of hydrogen-bond donors (Lipinski definition) is 3. The molecule has 0 fully saturated rings. The molecule has 0 saturated heterocycles. The predicted octanol–water partition coefficient (Wildman–Crippen LogP) is -0.599. The summed E-state index contributed by atoms with van der Waals surface area (Å²) in [6.07, 6.45) is 0. The summed E-state index contributed by atoms with van der Waals surface area (Å²) in [6, 6.07) is 6.81. The number of nitrogens with zero attached hydrogens (tertiary/aromatic N) is 3. The van der Waals surface area contributed by atoms with E-state index in [-0.39, 0.29) is 18.1 Å². The Kier molecular flexibility index (Phi) is 3.53. The van der Waals surface area contributed by atoms with Crippen molar-refractivity contribution in [3.05, 3.63) is 35.7 Å². The molecule has 1 aromatic carbocycles. The molecule has 0 spiro atoms. The van der Waals surface area contributed by atoms with Crippen LogP contribution in [-0.4, -0.2) is 29.0 Å². The number of nitrogen functional groups attached to an aromatic ring is 1. The first-order valence-corrected chi connectivity index (χ1v) is 6.75. The average molecular weight is 268 g/mol. The molecular formula is C9H12N6O2S. The van der Waals surface area contributed by atoms with Crippen molar-refractivity contribution in [3.63, 3.8) is 0 Å². The summed E-state index contributed by atoms with van der Waals surface area (Å²) >= 11 is 0. The minimum Gasteiger partial charge on any atom is -0.398 e. The molecule has 9 heteroatoms. The summed E-state index contributed by atoms with van der Waals surface area (Å²) in [6.45, 7) is -0.00836. The van der Waals surface area contributed by atoms with Crippen molar-refractivity contribution in [1.82, 2.24) is 25.3 Å². The fraction of sp³-hybridized carbons (Fsp3) is 0.222. The minimum absolute atomic E-state index is 0.00836. The highest BCUT2D eigenvalue weighted by Gasteiger charge is 2.14. The Morgan fingerprint density at radius 1 is 1.33 bits per heavy atom. The molecule has 8 nitrogen and oxygen atoms in total. The quantitative estimate of drug-likeness (QED) is 0.621. The number of benzene rings is 1. The van der Waals surface area contributed by atoms with E-state index >= 15 is 0 Å². The Morgan fingerprint density at radius 2 is 2.11 bits per heavy atom. The molecule has 4 N–H and O–H groups in total. The number of para-hydroxylation sites is 1. The first kappa shape index (κ1) is 12.5. The van der Waals surface area contributed by atoms with Crippen LogP contribution >= 0.6 is 0 Å². The summed E-state index contributed by atoms with van der Waals surface area (Å²) in [5.41, 5.74) is 6.69. The van der Waals surface area contributed by atoms with Crippen LogP contribution in [0.1, 0.15) is 11.4 Å². The second kappa shape index (κ2) is 5.10. The molecular weight excluding hydrogens is 256 g/mol. The zero-order valence-corrected chi connectivity index (χ0v) is 10.2. The Hall–Kier alpha value is -2.00. The maximum Gasteiger partial charge on any atom is 0.216 e. The Labute approximate surface area is 104 Å². The number of hydrogen-bond acceptors (Lipinski definition) is 6. The van der Waals surface area contributed by atoms with E-state index in [9.17, 15) is 8.42 Å². The van der Waals surface area contributed by atoms with E-state index in [4.69, 9.17) is 5.73 Å². The number of aromatic amines is 1. The van der Waals surface area contributed by atoms with Crippen LogP contribution in [0.2, 0.25) is 0 Å². The molecule has 0 aliphatic carbocycles. The normalized spacial score (nSPS) is 11.6. The SMILES string of the molecule is Nc1ccccc1CS(=O)(=O)NCc1nn[nH]n1. The zero-order valence-electron chi connectivity index (χ0n) is 9.37. The molecule has 0 atom stereocenters. The van der Waals surface area contributed by atoms with Crippen LogP contribution in [0.4, 0.5) is 5.69 Å². The molecule has 0 saturated carbocycles. The second-order valence-corrected chi connectivity index (χ2v) is 5.41. The zero-order chi connectivity index (χ0) is 13.0. The highest BCUT2D eigenvalue weighted by molar-refractivity contribution is 7.88. The summed E-state index contributed by atoms with van der Waals surface area (Å²) in [4.78, 5) is 0. The molecule has 1 heterocycles. The molecule has 0 unspecified atom stereocenters. The van der Waals surface area contributed by atoms with Crippen LogP contribution in [0.25, 0.3) is 0 Å². The Bertz CT molecular complexity index is 610. The van der Waals surface area contributed by atoms with Gasteiger partial charge in [-0.1, -0.05) is 23.4 Å². The van der Waals surface area contributed by atoms with Crippen LogP contribution in [0.3, 0.4) is 0 Å². The van der Waals surface area contributed by atoms with Gasteiger partial charge in [0.1, 0.15) is 0 Å². The van der Waals surface area contributed by atoms with E-state index in [1.807, 2.05) is 0 Å². The molecule has 18 heavy (non-hydrogen) atoms. The maximum absolute atomic E-state index is 11.8. The Balaban J connectivity index is 2.02. The minimum atomic E-state index is -3.48. The number of anilines is 1. The third-order valence-electron chi connectivity index (χ3n) is 2.24. The van der Waals surface area contributed by atoms with Gasteiger partial charge in [-0.15, -0.1) is 10.2 Å². The highest BCUT2D eigenvalue weighted by atomic mass is 32.2. The number of H-pyrrole nitrogens is 1. The number of aromatic nitrogens is 4. The summed E-state index contributed by atoms with van der Waals surface area (Å²) in [7, 11) is -3.48. The van der Waals surface area contributed by atoms with Gasteiger partial charge in [-0.25, -0.2) is 13.1 Å². The molecule has 1 aromatic heterocycles. The standard InChI is InChI=1S/C9H12N6O2S/c10-8-4-2-1-3-7(8)6-18(16,17)11-5-9-12-14-15-13-9/h1-4,11H,5-6,10H2,(H,12,13,14,15). The van der Waals surface area contributed by atoms with Crippen molar-refractivity contribution >= 4 is 15.7 Å². The van der Waals surface area contributed by atoms with Crippen molar-refractivity contribution in [2.24, 2.45) is 0 Å². The fourth-order valence-electron chi connectivity index (χ4n) is 1.35. The van der Waals surface area contributed by atoms with Crippen molar-refractivity contribution in [3.8, 4) is 0 Å². The second-order valence-electron chi connectivity index (χ2n) is 3.61. The fourth-order valence-corrected chi connectivity index (χ4v) is 2.48. The number of rotatable bonds is 5. The van der Waals surface area contributed by atoms with E-state index < -0.39 is 10.0 Å². The summed E-state index contributed by atoms with van der Waals surface area (Å²) in [5, 5.41) is 12.9. The lowest BCUT2D eigenvalue weighted by molar-refractivity contribution is 0.578. The van der Waals surface area contributed by atoms with Gasteiger partial charge in [0.05, 0.1) is 12.3 Å². The molecule has 0 aliphatic heterocycles. The molecule has 0 radical (unpaired) electrons. The van der Waals surface area contributed by atoms with Crippen LogP contribution in [0, 0.1) is 0 Å². The van der Waals surface area contributed by atoms with E-state index in [0.717, 1.165) is 0 Å². The Morgan fingerprint density at radius 3 is 2.78 bits per heavy atom. The summed E-state index contributed by atoms with van der Waals surface area (Å²) in [5.74, 6) is 0.0944. The van der Waals surface area contributed by atoms with Crippen LogP contribution in [0.15, 0.2) is 24.3 Å². The molecule has 2 rings (SSSR count).